The summed E-state index contributed by atoms with van der Waals surface area (Å²) in [6.45, 7) is 4.20. The van der Waals surface area contributed by atoms with Crippen LogP contribution in [0.5, 0.6) is 5.75 Å². The zero-order valence-corrected chi connectivity index (χ0v) is 18.7. The van der Waals surface area contributed by atoms with Gasteiger partial charge in [0.25, 0.3) is 11.1 Å². The number of hydrogen-bond acceptors (Lipinski definition) is 6. The van der Waals surface area contributed by atoms with Crippen LogP contribution in [0.25, 0.3) is 11.1 Å². The standard InChI is InChI=1S/C26H22N2O3S/c1-16-7-8-17(2)24(11-16)30-14-25-27-28-26(31-25)32-15-23(29)20-10-9-19-12-18-5-3-4-6-21(18)22(19)13-20/h3-11,13H,12,14-15H2,1-2H3. The molecule has 1 heterocycles. The van der Waals surface area contributed by atoms with Crippen molar-refractivity contribution in [3.63, 3.8) is 0 Å². The van der Waals surface area contributed by atoms with Gasteiger partial charge in [-0.2, -0.15) is 0 Å². The van der Waals surface area contributed by atoms with Crippen LogP contribution in [0.2, 0.25) is 0 Å². The van der Waals surface area contributed by atoms with Crippen molar-refractivity contribution in [3.8, 4) is 16.9 Å². The molecule has 0 saturated heterocycles. The Labute approximate surface area is 190 Å². The monoisotopic (exact) mass is 442 g/mol. The van der Waals surface area contributed by atoms with E-state index in [4.69, 9.17) is 9.15 Å². The number of thioether (sulfide) groups is 1. The van der Waals surface area contributed by atoms with E-state index in [0.717, 1.165) is 28.9 Å². The molecule has 0 unspecified atom stereocenters. The van der Waals surface area contributed by atoms with Gasteiger partial charge in [-0.25, -0.2) is 0 Å². The second-order valence-electron chi connectivity index (χ2n) is 7.94. The van der Waals surface area contributed by atoms with Crippen LogP contribution < -0.4 is 4.74 Å². The molecule has 32 heavy (non-hydrogen) atoms. The quantitative estimate of drug-likeness (QED) is 0.234. The van der Waals surface area contributed by atoms with Crippen LogP contribution >= 0.6 is 11.8 Å². The maximum Gasteiger partial charge on any atom is 0.277 e. The first-order valence-corrected chi connectivity index (χ1v) is 11.4. The maximum atomic E-state index is 12.8. The van der Waals surface area contributed by atoms with Gasteiger partial charge in [0, 0.05) is 5.56 Å². The topological polar surface area (TPSA) is 65.2 Å². The minimum Gasteiger partial charge on any atom is -0.484 e. The van der Waals surface area contributed by atoms with E-state index in [1.54, 1.807) is 0 Å². The SMILES string of the molecule is Cc1ccc(C)c(OCc2nnc(SCC(=O)c3ccc4c(c3)-c3ccccc3C4)o2)c1. The van der Waals surface area contributed by atoms with Crippen LogP contribution in [-0.2, 0) is 13.0 Å². The minimum absolute atomic E-state index is 0.0357. The molecular formula is C26H22N2O3S. The van der Waals surface area contributed by atoms with Gasteiger partial charge in [-0.1, -0.05) is 60.3 Å². The van der Waals surface area contributed by atoms with Gasteiger partial charge in [-0.3, -0.25) is 4.79 Å². The number of rotatable bonds is 7. The average Bonchev–Trinajstić information content (AvgIpc) is 3.42. The van der Waals surface area contributed by atoms with Crippen molar-refractivity contribution in [1.82, 2.24) is 10.2 Å². The Bertz CT molecular complexity index is 1310. The second kappa shape index (κ2) is 8.63. The molecule has 4 aromatic rings. The number of carbonyl (C=O) groups excluding carboxylic acids is 1. The van der Waals surface area contributed by atoms with Gasteiger partial charge in [-0.05, 0) is 65.8 Å². The van der Waals surface area contributed by atoms with E-state index in [9.17, 15) is 4.79 Å². The highest BCUT2D eigenvalue weighted by atomic mass is 32.2. The number of Topliss-reactive ketones (excluding diaryl/α,β-unsaturated/α-hetero) is 1. The summed E-state index contributed by atoms with van der Waals surface area (Å²) in [5.41, 5.74) is 7.82. The van der Waals surface area contributed by atoms with Gasteiger partial charge in [0.1, 0.15) is 5.75 Å². The maximum absolute atomic E-state index is 12.8. The first-order valence-electron chi connectivity index (χ1n) is 10.5. The molecule has 3 aromatic carbocycles. The van der Waals surface area contributed by atoms with Gasteiger partial charge in [-0.15, -0.1) is 10.2 Å². The number of ketones is 1. The molecule has 0 atom stereocenters. The molecule has 160 valence electrons. The molecule has 0 aliphatic heterocycles. The van der Waals surface area contributed by atoms with Gasteiger partial charge in [0.05, 0.1) is 5.75 Å². The van der Waals surface area contributed by atoms with Crippen molar-refractivity contribution in [3.05, 3.63) is 94.4 Å². The third-order valence-electron chi connectivity index (χ3n) is 5.59. The van der Waals surface area contributed by atoms with Crippen LogP contribution in [0.3, 0.4) is 0 Å². The predicted octanol–water partition coefficient (Wildman–Crippen LogP) is 5.81. The summed E-state index contributed by atoms with van der Waals surface area (Å²) in [6, 6.07) is 20.4. The fourth-order valence-corrected chi connectivity index (χ4v) is 4.54. The van der Waals surface area contributed by atoms with Crippen molar-refractivity contribution in [2.24, 2.45) is 0 Å². The lowest BCUT2D eigenvalue weighted by atomic mass is 10.0. The minimum atomic E-state index is 0.0357. The van der Waals surface area contributed by atoms with E-state index >= 15 is 0 Å². The Hall–Kier alpha value is -3.38. The molecule has 0 fully saturated rings. The van der Waals surface area contributed by atoms with Crippen LogP contribution in [0.1, 0.15) is 38.5 Å². The van der Waals surface area contributed by atoms with Crippen molar-refractivity contribution in [1.29, 1.82) is 0 Å². The first-order chi connectivity index (χ1) is 15.6. The highest BCUT2D eigenvalue weighted by Crippen LogP contribution is 2.37. The van der Waals surface area contributed by atoms with Crippen molar-refractivity contribution < 1.29 is 13.9 Å². The molecule has 0 bridgehead atoms. The highest BCUT2D eigenvalue weighted by Gasteiger charge is 2.20. The smallest absolute Gasteiger partial charge is 0.277 e. The van der Waals surface area contributed by atoms with Crippen molar-refractivity contribution >= 4 is 17.5 Å². The summed E-state index contributed by atoms with van der Waals surface area (Å²) in [7, 11) is 0. The summed E-state index contributed by atoms with van der Waals surface area (Å²) in [6.07, 6.45) is 0.920. The van der Waals surface area contributed by atoms with E-state index in [0.29, 0.717) is 16.7 Å². The first kappa shape index (κ1) is 20.5. The Morgan fingerprint density at radius 1 is 1.00 bits per heavy atom. The Morgan fingerprint density at radius 3 is 2.75 bits per heavy atom. The molecule has 0 amide bonds. The summed E-state index contributed by atoms with van der Waals surface area (Å²) >= 11 is 1.24. The molecule has 5 rings (SSSR count). The zero-order chi connectivity index (χ0) is 22.1. The molecule has 0 spiro atoms. The Balaban J connectivity index is 1.20. The number of hydrogen-bond donors (Lipinski definition) is 0. The van der Waals surface area contributed by atoms with E-state index in [1.807, 2.05) is 50.2 Å². The molecule has 5 nitrogen and oxygen atoms in total. The van der Waals surface area contributed by atoms with Gasteiger partial charge in [0.15, 0.2) is 12.4 Å². The average molecular weight is 443 g/mol. The number of benzene rings is 3. The summed E-state index contributed by atoms with van der Waals surface area (Å²) in [4.78, 5) is 12.8. The van der Waals surface area contributed by atoms with E-state index in [2.05, 4.69) is 34.5 Å². The lowest BCUT2D eigenvalue weighted by molar-refractivity contribution is 0.102. The fraction of sp³-hybridized carbons (Fsp3) is 0.192. The molecule has 1 aliphatic rings. The lowest BCUT2D eigenvalue weighted by Gasteiger charge is -2.07. The number of aryl methyl sites for hydroxylation is 2. The highest BCUT2D eigenvalue weighted by molar-refractivity contribution is 7.99. The summed E-state index contributed by atoms with van der Waals surface area (Å²) < 4.78 is 11.5. The third-order valence-corrected chi connectivity index (χ3v) is 6.41. The molecule has 0 radical (unpaired) electrons. The van der Waals surface area contributed by atoms with Crippen LogP contribution in [0.15, 0.2) is 70.3 Å². The number of fused-ring (bicyclic) bond motifs is 3. The Kier molecular flexibility index (Phi) is 5.53. The lowest BCUT2D eigenvalue weighted by Crippen LogP contribution is -2.02. The number of carbonyl (C=O) groups is 1. The fourth-order valence-electron chi connectivity index (χ4n) is 3.86. The second-order valence-corrected chi connectivity index (χ2v) is 8.86. The number of ether oxygens (including phenoxy) is 1. The third kappa shape index (κ3) is 4.18. The molecule has 0 N–H and O–H groups in total. The van der Waals surface area contributed by atoms with Crippen molar-refractivity contribution in [2.75, 3.05) is 5.75 Å². The number of aromatic nitrogens is 2. The van der Waals surface area contributed by atoms with Gasteiger partial charge in [0.2, 0.25) is 0 Å². The Morgan fingerprint density at radius 2 is 1.84 bits per heavy atom. The summed E-state index contributed by atoms with van der Waals surface area (Å²) in [5.74, 6) is 1.45. The van der Waals surface area contributed by atoms with Gasteiger partial charge >= 0.3 is 0 Å². The largest absolute Gasteiger partial charge is 0.484 e. The van der Waals surface area contributed by atoms with Crippen LogP contribution in [0, 0.1) is 13.8 Å². The molecular weight excluding hydrogens is 420 g/mol. The van der Waals surface area contributed by atoms with Crippen molar-refractivity contribution in [2.45, 2.75) is 32.1 Å². The number of nitrogens with zero attached hydrogens (tertiary/aromatic N) is 2. The van der Waals surface area contributed by atoms with E-state index < -0.39 is 0 Å². The molecule has 1 aromatic heterocycles. The normalized spacial score (nSPS) is 11.8. The zero-order valence-electron chi connectivity index (χ0n) is 17.9. The molecule has 0 saturated carbocycles. The van der Waals surface area contributed by atoms with E-state index in [1.165, 1.54) is 28.5 Å². The van der Waals surface area contributed by atoms with Crippen LogP contribution in [0.4, 0.5) is 0 Å². The van der Waals surface area contributed by atoms with Crippen LogP contribution in [-0.4, -0.2) is 21.7 Å². The summed E-state index contributed by atoms with van der Waals surface area (Å²) in [5, 5.41) is 8.43. The molecule has 6 heteroatoms. The van der Waals surface area contributed by atoms with E-state index in [-0.39, 0.29) is 18.1 Å². The predicted molar refractivity (Wildman–Crippen MR) is 124 cm³/mol. The van der Waals surface area contributed by atoms with Gasteiger partial charge < -0.3 is 9.15 Å². The molecule has 1 aliphatic carbocycles.